The molecule has 0 spiro atoms. The largest absolute Gasteiger partial charge is 0.366 e. The van der Waals surface area contributed by atoms with Gasteiger partial charge in [-0.15, -0.1) is 0 Å². The van der Waals surface area contributed by atoms with Crippen molar-refractivity contribution in [3.63, 3.8) is 0 Å². The van der Waals surface area contributed by atoms with E-state index in [1.165, 1.54) is 19.4 Å². The second-order valence-electron chi connectivity index (χ2n) is 5.90. The molecule has 4 nitrogen and oxygen atoms in total. The van der Waals surface area contributed by atoms with Gasteiger partial charge in [-0.05, 0) is 57.0 Å². The zero-order chi connectivity index (χ0) is 14.5. The zero-order valence-corrected chi connectivity index (χ0v) is 12.4. The molecular formula is C16H25N3O. The van der Waals surface area contributed by atoms with Gasteiger partial charge in [0.2, 0.25) is 5.91 Å². The van der Waals surface area contributed by atoms with Crippen molar-refractivity contribution in [2.75, 3.05) is 20.1 Å². The minimum absolute atomic E-state index is 0.367. The van der Waals surface area contributed by atoms with Gasteiger partial charge in [0, 0.05) is 24.7 Å². The Labute approximate surface area is 121 Å². The summed E-state index contributed by atoms with van der Waals surface area (Å²) in [5.41, 5.74) is 6.99. The molecule has 0 radical (unpaired) electrons. The number of amides is 1. The average Bonchev–Trinajstić information content (AvgIpc) is 2.45. The summed E-state index contributed by atoms with van der Waals surface area (Å²) in [6, 6.07) is 8.02. The van der Waals surface area contributed by atoms with Gasteiger partial charge in [0.1, 0.15) is 0 Å². The first-order valence-electron chi connectivity index (χ1n) is 7.37. The fourth-order valence-corrected chi connectivity index (χ4v) is 2.89. The van der Waals surface area contributed by atoms with E-state index in [9.17, 15) is 4.79 Å². The molecule has 1 aromatic carbocycles. The van der Waals surface area contributed by atoms with Crippen molar-refractivity contribution in [2.24, 2.45) is 11.7 Å². The third kappa shape index (κ3) is 4.05. The van der Waals surface area contributed by atoms with Gasteiger partial charge in [-0.1, -0.05) is 12.1 Å². The van der Waals surface area contributed by atoms with Gasteiger partial charge in [0.25, 0.3) is 0 Å². The lowest BCUT2D eigenvalue weighted by Crippen LogP contribution is -2.42. The Balaban J connectivity index is 1.88. The molecule has 1 aliphatic rings. The third-order valence-electron chi connectivity index (χ3n) is 4.21. The number of rotatable bonds is 5. The SMILES string of the molecule is CC(NCc1cccc(C(N)=O)c1)C1CCCN(C)C1. The van der Waals surface area contributed by atoms with Gasteiger partial charge < -0.3 is 16.0 Å². The summed E-state index contributed by atoms with van der Waals surface area (Å²) in [4.78, 5) is 13.6. The van der Waals surface area contributed by atoms with Crippen molar-refractivity contribution in [2.45, 2.75) is 32.4 Å². The molecule has 3 N–H and O–H groups in total. The maximum Gasteiger partial charge on any atom is 0.248 e. The standard InChI is InChI=1S/C16H25N3O/c1-12(15-7-4-8-19(2)11-15)18-10-13-5-3-6-14(9-13)16(17)20/h3,5-6,9,12,15,18H,4,7-8,10-11H2,1-2H3,(H2,17,20). The van der Waals surface area contributed by atoms with Crippen LogP contribution in [0.4, 0.5) is 0 Å². The highest BCUT2D eigenvalue weighted by molar-refractivity contribution is 5.92. The molecule has 20 heavy (non-hydrogen) atoms. The van der Waals surface area contributed by atoms with Crippen LogP contribution in [0.25, 0.3) is 0 Å². The molecule has 0 bridgehead atoms. The molecule has 2 rings (SSSR count). The van der Waals surface area contributed by atoms with Crippen molar-refractivity contribution in [1.29, 1.82) is 0 Å². The average molecular weight is 275 g/mol. The van der Waals surface area contributed by atoms with E-state index < -0.39 is 0 Å². The van der Waals surface area contributed by atoms with Gasteiger partial charge in [0.05, 0.1) is 0 Å². The van der Waals surface area contributed by atoms with Crippen LogP contribution in [-0.4, -0.2) is 37.0 Å². The van der Waals surface area contributed by atoms with E-state index in [2.05, 4.69) is 24.2 Å². The topological polar surface area (TPSA) is 58.4 Å². The molecular weight excluding hydrogens is 250 g/mol. The summed E-state index contributed by atoms with van der Waals surface area (Å²) in [5, 5.41) is 3.58. The summed E-state index contributed by atoms with van der Waals surface area (Å²) >= 11 is 0. The highest BCUT2D eigenvalue weighted by Crippen LogP contribution is 2.18. The van der Waals surface area contributed by atoms with Crippen molar-refractivity contribution in [3.8, 4) is 0 Å². The number of nitrogens with one attached hydrogen (secondary N) is 1. The monoisotopic (exact) mass is 275 g/mol. The molecule has 2 unspecified atom stereocenters. The van der Waals surface area contributed by atoms with E-state index in [-0.39, 0.29) is 5.91 Å². The van der Waals surface area contributed by atoms with E-state index in [1.54, 1.807) is 6.07 Å². The van der Waals surface area contributed by atoms with Crippen molar-refractivity contribution in [3.05, 3.63) is 35.4 Å². The maximum absolute atomic E-state index is 11.2. The lowest BCUT2D eigenvalue weighted by Gasteiger charge is -2.34. The van der Waals surface area contributed by atoms with Crippen molar-refractivity contribution >= 4 is 5.91 Å². The molecule has 110 valence electrons. The first kappa shape index (κ1) is 15.0. The number of piperidine rings is 1. The number of nitrogens with two attached hydrogens (primary N) is 1. The predicted molar refractivity (Wildman–Crippen MR) is 81.5 cm³/mol. The summed E-state index contributed by atoms with van der Waals surface area (Å²) < 4.78 is 0. The summed E-state index contributed by atoms with van der Waals surface area (Å²) in [5.74, 6) is 0.335. The number of carbonyl (C=O) groups excluding carboxylic acids is 1. The highest BCUT2D eigenvalue weighted by atomic mass is 16.1. The van der Waals surface area contributed by atoms with Gasteiger partial charge in [-0.2, -0.15) is 0 Å². The van der Waals surface area contributed by atoms with Gasteiger partial charge in [-0.25, -0.2) is 0 Å². The van der Waals surface area contributed by atoms with E-state index >= 15 is 0 Å². The first-order chi connectivity index (χ1) is 9.56. The Morgan fingerprint density at radius 3 is 3.05 bits per heavy atom. The summed E-state index contributed by atoms with van der Waals surface area (Å²) in [6.45, 7) is 5.41. The third-order valence-corrected chi connectivity index (χ3v) is 4.21. The number of likely N-dealkylation sites (tertiary alicyclic amines) is 1. The van der Waals surface area contributed by atoms with E-state index in [0.29, 0.717) is 17.5 Å². The maximum atomic E-state index is 11.2. The fourth-order valence-electron chi connectivity index (χ4n) is 2.89. The molecule has 2 atom stereocenters. The molecule has 0 saturated carbocycles. The minimum Gasteiger partial charge on any atom is -0.366 e. The Kier molecular flexibility index (Phi) is 5.15. The predicted octanol–water partition coefficient (Wildman–Crippen LogP) is 1.61. The van der Waals surface area contributed by atoms with E-state index in [1.807, 2.05) is 18.2 Å². The van der Waals surface area contributed by atoms with Crippen LogP contribution in [0.15, 0.2) is 24.3 Å². The summed E-state index contributed by atoms with van der Waals surface area (Å²) in [6.07, 6.45) is 2.57. The quantitative estimate of drug-likeness (QED) is 0.858. The summed E-state index contributed by atoms with van der Waals surface area (Å²) in [7, 11) is 2.19. The number of carbonyl (C=O) groups is 1. The first-order valence-corrected chi connectivity index (χ1v) is 7.37. The Morgan fingerprint density at radius 2 is 2.35 bits per heavy atom. The fraction of sp³-hybridized carbons (Fsp3) is 0.562. The number of benzene rings is 1. The van der Waals surface area contributed by atoms with Crippen molar-refractivity contribution < 1.29 is 4.79 Å². The lowest BCUT2D eigenvalue weighted by molar-refractivity contribution is 0.1000. The van der Waals surface area contributed by atoms with Crippen LogP contribution in [0.3, 0.4) is 0 Å². The molecule has 0 aliphatic carbocycles. The second-order valence-corrected chi connectivity index (χ2v) is 5.90. The Bertz CT molecular complexity index is 461. The minimum atomic E-state index is -0.367. The van der Waals surface area contributed by atoms with Crippen molar-refractivity contribution in [1.82, 2.24) is 10.2 Å². The molecule has 1 amide bonds. The van der Waals surface area contributed by atoms with Crippen LogP contribution in [0, 0.1) is 5.92 Å². The zero-order valence-electron chi connectivity index (χ0n) is 12.4. The van der Waals surface area contributed by atoms with Gasteiger partial charge >= 0.3 is 0 Å². The smallest absolute Gasteiger partial charge is 0.248 e. The molecule has 1 heterocycles. The number of hydrogen-bond donors (Lipinski definition) is 2. The van der Waals surface area contributed by atoms with E-state index in [0.717, 1.165) is 18.7 Å². The van der Waals surface area contributed by atoms with Crippen LogP contribution in [0.2, 0.25) is 0 Å². The molecule has 0 aromatic heterocycles. The molecule has 1 aromatic rings. The van der Waals surface area contributed by atoms with Crippen LogP contribution in [0.5, 0.6) is 0 Å². The molecule has 1 saturated heterocycles. The molecule has 4 heteroatoms. The number of hydrogen-bond acceptors (Lipinski definition) is 3. The lowest BCUT2D eigenvalue weighted by atomic mass is 9.92. The van der Waals surface area contributed by atoms with Gasteiger partial charge in [0.15, 0.2) is 0 Å². The number of primary amides is 1. The Morgan fingerprint density at radius 1 is 1.55 bits per heavy atom. The van der Waals surface area contributed by atoms with Crippen LogP contribution in [0.1, 0.15) is 35.7 Å². The van der Waals surface area contributed by atoms with Crippen LogP contribution in [-0.2, 0) is 6.54 Å². The van der Waals surface area contributed by atoms with Crippen LogP contribution < -0.4 is 11.1 Å². The highest BCUT2D eigenvalue weighted by Gasteiger charge is 2.22. The van der Waals surface area contributed by atoms with Gasteiger partial charge in [-0.3, -0.25) is 4.79 Å². The van der Waals surface area contributed by atoms with E-state index in [4.69, 9.17) is 5.73 Å². The second kappa shape index (κ2) is 6.86. The molecule has 1 fully saturated rings. The number of nitrogens with zero attached hydrogens (tertiary/aromatic N) is 1. The molecule has 1 aliphatic heterocycles. The Hall–Kier alpha value is -1.39. The normalized spacial score (nSPS) is 21.6. The van der Waals surface area contributed by atoms with Crippen LogP contribution >= 0.6 is 0 Å².